The molecule has 5 heteroatoms. The van der Waals surface area contributed by atoms with Gasteiger partial charge in [0.25, 0.3) is 0 Å². The number of fused-ring (bicyclic) bond motifs is 1. The molecule has 0 saturated carbocycles. The van der Waals surface area contributed by atoms with Gasteiger partial charge in [-0.15, -0.1) is 24.0 Å². The Bertz CT molecular complexity index is 547. The van der Waals surface area contributed by atoms with Gasteiger partial charge in [-0.25, -0.2) is 0 Å². The van der Waals surface area contributed by atoms with E-state index < -0.39 is 0 Å². The Morgan fingerprint density at radius 2 is 2.17 bits per heavy atom. The summed E-state index contributed by atoms with van der Waals surface area (Å²) in [6.07, 6.45) is 7.40. The first-order valence-electron chi connectivity index (χ1n) is 8.51. The molecule has 3 rings (SSSR count). The highest BCUT2D eigenvalue weighted by Gasteiger charge is 2.19. The lowest BCUT2D eigenvalue weighted by molar-refractivity contribution is 0.00482. The van der Waals surface area contributed by atoms with Crippen molar-refractivity contribution in [2.75, 3.05) is 18.5 Å². The Labute approximate surface area is 156 Å². The molecule has 0 spiro atoms. The first-order chi connectivity index (χ1) is 10.7. The molecule has 23 heavy (non-hydrogen) atoms. The zero-order valence-corrected chi connectivity index (χ0v) is 16.2. The Kier molecular flexibility index (Phi) is 7.14. The zero-order valence-electron chi connectivity index (χ0n) is 13.9. The molecule has 0 aromatic heterocycles. The minimum atomic E-state index is 0. The number of aliphatic imine (C=N–C) groups is 1. The summed E-state index contributed by atoms with van der Waals surface area (Å²) in [6, 6.07) is 6.46. The molecule has 0 bridgehead atoms. The molecule has 0 amide bonds. The van der Waals surface area contributed by atoms with Crippen LogP contribution in [0.5, 0.6) is 0 Å². The lowest BCUT2D eigenvalue weighted by atomic mass is 9.90. The number of halogens is 1. The molecule has 128 valence electrons. The van der Waals surface area contributed by atoms with Crippen molar-refractivity contribution in [2.45, 2.75) is 51.6 Å². The van der Waals surface area contributed by atoms with Crippen molar-refractivity contribution >= 4 is 35.6 Å². The van der Waals surface area contributed by atoms with Gasteiger partial charge in [-0.3, -0.25) is 4.99 Å². The van der Waals surface area contributed by atoms with E-state index in [1.54, 1.807) is 0 Å². The summed E-state index contributed by atoms with van der Waals surface area (Å²) in [5.41, 5.74) is 10.1. The predicted molar refractivity (Wildman–Crippen MR) is 107 cm³/mol. The number of nitrogens with one attached hydrogen (secondary N) is 1. The smallest absolute Gasteiger partial charge is 0.193 e. The van der Waals surface area contributed by atoms with Crippen molar-refractivity contribution in [3.8, 4) is 0 Å². The normalized spacial score (nSPS) is 24.5. The lowest BCUT2D eigenvalue weighted by Gasteiger charge is -2.26. The van der Waals surface area contributed by atoms with Gasteiger partial charge in [-0.2, -0.15) is 0 Å². The molecule has 2 unspecified atom stereocenters. The number of anilines is 1. The Balaban J connectivity index is 0.00000192. The van der Waals surface area contributed by atoms with E-state index in [1.165, 1.54) is 30.4 Å². The van der Waals surface area contributed by atoms with Crippen LogP contribution in [0.15, 0.2) is 23.2 Å². The number of nitrogens with zero attached hydrogens (tertiary/aromatic N) is 1. The van der Waals surface area contributed by atoms with Gasteiger partial charge in [0.15, 0.2) is 5.96 Å². The van der Waals surface area contributed by atoms with Crippen LogP contribution in [0.25, 0.3) is 0 Å². The van der Waals surface area contributed by atoms with Gasteiger partial charge < -0.3 is 15.8 Å². The summed E-state index contributed by atoms with van der Waals surface area (Å²) >= 11 is 0. The Hall–Kier alpha value is -0.820. The van der Waals surface area contributed by atoms with Crippen LogP contribution in [0.1, 0.15) is 43.7 Å². The van der Waals surface area contributed by atoms with Crippen molar-refractivity contribution < 1.29 is 4.74 Å². The van der Waals surface area contributed by atoms with E-state index in [9.17, 15) is 0 Å². The predicted octanol–water partition coefficient (Wildman–Crippen LogP) is 3.73. The minimum Gasteiger partial charge on any atom is -0.378 e. The molecule has 1 aliphatic heterocycles. The molecule has 1 fully saturated rings. The van der Waals surface area contributed by atoms with Gasteiger partial charge in [-0.1, -0.05) is 12.1 Å². The highest BCUT2D eigenvalue weighted by atomic mass is 127. The van der Waals surface area contributed by atoms with Crippen LogP contribution in [0, 0.1) is 5.92 Å². The average Bonchev–Trinajstić information content (AvgIpc) is 2.53. The molecule has 2 atom stereocenters. The second-order valence-corrected chi connectivity index (χ2v) is 6.57. The number of hydrogen-bond donors (Lipinski definition) is 2. The molecule has 1 saturated heterocycles. The standard InChI is InChI=1S/C18H27N3O.HI/c1-13-11-14(9-10-22-13)12-20-18(19)21-17-8-4-6-15-5-2-3-7-16(15)17;/h4,6,8,13-14H,2-3,5,7,9-12H2,1H3,(H3,19,20,21);1H. The van der Waals surface area contributed by atoms with Crippen LogP contribution in [-0.2, 0) is 17.6 Å². The third kappa shape index (κ3) is 5.08. The summed E-state index contributed by atoms with van der Waals surface area (Å²) in [5.74, 6) is 1.13. The summed E-state index contributed by atoms with van der Waals surface area (Å²) in [5, 5.41) is 3.32. The lowest BCUT2D eigenvalue weighted by Crippen LogP contribution is -2.28. The van der Waals surface area contributed by atoms with Gasteiger partial charge in [-0.05, 0) is 68.6 Å². The minimum absolute atomic E-state index is 0. The fraction of sp³-hybridized carbons (Fsp3) is 0.611. The Morgan fingerprint density at radius 3 is 3.00 bits per heavy atom. The van der Waals surface area contributed by atoms with Crippen LogP contribution in [0.2, 0.25) is 0 Å². The SMILES string of the molecule is CC1CC(CN=C(N)Nc2cccc3c2CCCC3)CCO1.I. The van der Waals surface area contributed by atoms with E-state index in [0.29, 0.717) is 18.0 Å². The number of aryl methyl sites for hydroxylation is 1. The van der Waals surface area contributed by atoms with Crippen LogP contribution in [0.4, 0.5) is 5.69 Å². The van der Waals surface area contributed by atoms with Crippen LogP contribution < -0.4 is 11.1 Å². The van der Waals surface area contributed by atoms with Crippen molar-refractivity contribution in [1.82, 2.24) is 0 Å². The molecule has 3 N–H and O–H groups in total. The van der Waals surface area contributed by atoms with E-state index in [2.05, 4.69) is 35.4 Å². The molecular formula is C18H28IN3O. The van der Waals surface area contributed by atoms with Gasteiger partial charge in [0.05, 0.1) is 6.10 Å². The van der Waals surface area contributed by atoms with Crippen LogP contribution in [0.3, 0.4) is 0 Å². The third-order valence-electron chi connectivity index (χ3n) is 4.77. The molecule has 1 aliphatic carbocycles. The highest BCUT2D eigenvalue weighted by molar-refractivity contribution is 14.0. The fourth-order valence-electron chi connectivity index (χ4n) is 3.56. The quantitative estimate of drug-likeness (QED) is 0.438. The van der Waals surface area contributed by atoms with E-state index in [-0.39, 0.29) is 24.0 Å². The molecule has 4 nitrogen and oxygen atoms in total. The van der Waals surface area contributed by atoms with Crippen molar-refractivity contribution in [3.63, 3.8) is 0 Å². The largest absolute Gasteiger partial charge is 0.378 e. The summed E-state index contributed by atoms with van der Waals surface area (Å²) in [6.45, 7) is 3.77. The molecular weight excluding hydrogens is 401 g/mol. The first kappa shape index (κ1) is 18.5. The fourth-order valence-corrected chi connectivity index (χ4v) is 3.56. The van der Waals surface area contributed by atoms with Crippen molar-refractivity contribution in [2.24, 2.45) is 16.6 Å². The molecule has 1 aromatic carbocycles. The van der Waals surface area contributed by atoms with E-state index >= 15 is 0 Å². The molecule has 1 aromatic rings. The van der Waals surface area contributed by atoms with Crippen LogP contribution >= 0.6 is 24.0 Å². The van der Waals surface area contributed by atoms with Crippen LogP contribution in [-0.4, -0.2) is 25.2 Å². The maximum atomic E-state index is 6.10. The summed E-state index contributed by atoms with van der Waals surface area (Å²) < 4.78 is 5.58. The third-order valence-corrected chi connectivity index (χ3v) is 4.77. The van der Waals surface area contributed by atoms with Gasteiger partial charge >= 0.3 is 0 Å². The van der Waals surface area contributed by atoms with Gasteiger partial charge in [0.1, 0.15) is 0 Å². The van der Waals surface area contributed by atoms with Gasteiger partial charge in [0, 0.05) is 18.8 Å². The molecule has 0 radical (unpaired) electrons. The zero-order chi connectivity index (χ0) is 15.4. The van der Waals surface area contributed by atoms with E-state index in [0.717, 1.165) is 38.1 Å². The second-order valence-electron chi connectivity index (χ2n) is 6.57. The number of nitrogens with two attached hydrogens (primary N) is 1. The summed E-state index contributed by atoms with van der Waals surface area (Å²) in [7, 11) is 0. The second kappa shape index (κ2) is 8.87. The maximum absolute atomic E-state index is 6.10. The van der Waals surface area contributed by atoms with E-state index in [1.807, 2.05) is 0 Å². The van der Waals surface area contributed by atoms with Crippen molar-refractivity contribution in [3.05, 3.63) is 29.3 Å². The number of hydrogen-bond acceptors (Lipinski definition) is 2. The average molecular weight is 429 g/mol. The number of benzene rings is 1. The Morgan fingerprint density at radius 1 is 1.35 bits per heavy atom. The maximum Gasteiger partial charge on any atom is 0.193 e. The van der Waals surface area contributed by atoms with Gasteiger partial charge in [0.2, 0.25) is 0 Å². The highest BCUT2D eigenvalue weighted by Crippen LogP contribution is 2.27. The van der Waals surface area contributed by atoms with E-state index in [4.69, 9.17) is 10.5 Å². The molecule has 2 aliphatic rings. The topological polar surface area (TPSA) is 59.6 Å². The molecule has 1 heterocycles. The monoisotopic (exact) mass is 429 g/mol. The first-order valence-corrected chi connectivity index (χ1v) is 8.51. The number of guanidine groups is 1. The number of ether oxygens (including phenoxy) is 1. The van der Waals surface area contributed by atoms with Crippen molar-refractivity contribution in [1.29, 1.82) is 0 Å². The summed E-state index contributed by atoms with van der Waals surface area (Å²) in [4.78, 5) is 4.55. The number of rotatable bonds is 3.